The number of sulfonamides is 1. The van der Waals surface area contributed by atoms with E-state index in [4.69, 9.17) is 0 Å². The summed E-state index contributed by atoms with van der Waals surface area (Å²) in [5.41, 5.74) is 2.11. The minimum Gasteiger partial charge on any atom is -0.361 e. The lowest BCUT2D eigenvalue weighted by atomic mass is 10.1. The molecule has 0 unspecified atom stereocenters. The number of nitrogens with one attached hydrogen (secondary N) is 3. The Balaban J connectivity index is 1.41. The van der Waals surface area contributed by atoms with E-state index in [0.717, 1.165) is 20.8 Å². The van der Waals surface area contributed by atoms with Crippen molar-refractivity contribution in [2.45, 2.75) is 23.8 Å². The second-order valence-electron chi connectivity index (χ2n) is 7.40. The minimum absolute atomic E-state index is 0.106. The Labute approximate surface area is 180 Å². The summed E-state index contributed by atoms with van der Waals surface area (Å²) in [6, 6.07) is 14.8. The molecule has 9 heteroatoms. The van der Waals surface area contributed by atoms with E-state index in [1.807, 2.05) is 30.5 Å². The number of H-pyrrole nitrogens is 1. The van der Waals surface area contributed by atoms with Crippen LogP contribution >= 0.6 is 0 Å². The van der Waals surface area contributed by atoms with Gasteiger partial charge in [0.2, 0.25) is 21.8 Å². The average Bonchev–Trinajstić information content (AvgIpc) is 3.19. The van der Waals surface area contributed by atoms with E-state index in [0.29, 0.717) is 13.0 Å². The highest BCUT2D eigenvalue weighted by molar-refractivity contribution is 7.89. The summed E-state index contributed by atoms with van der Waals surface area (Å²) in [6.45, 7) is 0.723. The summed E-state index contributed by atoms with van der Waals surface area (Å²) < 4.78 is 27.2. The molecule has 2 aromatic carbocycles. The predicted molar refractivity (Wildman–Crippen MR) is 117 cm³/mol. The molecule has 1 fully saturated rings. The SMILES string of the molecule is O=C(C[C@H]1C(=O)NCCN1S(=O)(=O)c1ccccc1)NCCc1c[nH]c2ccccc12. The van der Waals surface area contributed by atoms with Crippen molar-refractivity contribution in [3.8, 4) is 0 Å². The molecule has 31 heavy (non-hydrogen) atoms. The fraction of sp³-hybridized carbons (Fsp3) is 0.273. The number of piperazine rings is 1. The smallest absolute Gasteiger partial charge is 0.243 e. The van der Waals surface area contributed by atoms with E-state index in [1.165, 1.54) is 12.1 Å². The molecular formula is C22H24N4O4S. The molecule has 1 aromatic heterocycles. The number of carbonyl (C=O) groups excluding carboxylic acids is 2. The first kappa shape index (κ1) is 21.1. The van der Waals surface area contributed by atoms with Crippen LogP contribution in [-0.4, -0.2) is 55.2 Å². The Morgan fingerprint density at radius 1 is 1.10 bits per heavy atom. The first-order valence-corrected chi connectivity index (χ1v) is 11.6. The zero-order valence-corrected chi connectivity index (χ0v) is 17.7. The van der Waals surface area contributed by atoms with Crippen molar-refractivity contribution >= 4 is 32.7 Å². The molecule has 1 atom stereocenters. The van der Waals surface area contributed by atoms with Gasteiger partial charge in [0, 0.05) is 36.7 Å². The van der Waals surface area contributed by atoms with Crippen LogP contribution in [0.3, 0.4) is 0 Å². The monoisotopic (exact) mass is 440 g/mol. The number of amides is 2. The molecule has 2 amide bonds. The van der Waals surface area contributed by atoms with Crippen LogP contribution in [0.4, 0.5) is 0 Å². The maximum atomic E-state index is 13.0. The van der Waals surface area contributed by atoms with E-state index in [-0.39, 0.29) is 30.3 Å². The summed E-state index contributed by atoms with van der Waals surface area (Å²) in [7, 11) is -3.88. The summed E-state index contributed by atoms with van der Waals surface area (Å²) in [6.07, 6.45) is 2.31. The molecule has 0 saturated carbocycles. The molecule has 0 radical (unpaired) electrons. The number of hydrogen-bond donors (Lipinski definition) is 3. The zero-order chi connectivity index (χ0) is 21.8. The van der Waals surface area contributed by atoms with E-state index >= 15 is 0 Å². The molecule has 0 spiro atoms. The Bertz CT molecular complexity index is 1190. The van der Waals surface area contributed by atoms with Crippen molar-refractivity contribution < 1.29 is 18.0 Å². The van der Waals surface area contributed by atoms with Gasteiger partial charge < -0.3 is 15.6 Å². The highest BCUT2D eigenvalue weighted by atomic mass is 32.2. The van der Waals surface area contributed by atoms with Gasteiger partial charge >= 0.3 is 0 Å². The van der Waals surface area contributed by atoms with E-state index < -0.39 is 22.0 Å². The maximum Gasteiger partial charge on any atom is 0.243 e. The van der Waals surface area contributed by atoms with Gasteiger partial charge in [-0.05, 0) is 30.2 Å². The largest absolute Gasteiger partial charge is 0.361 e. The van der Waals surface area contributed by atoms with Crippen LogP contribution in [0.25, 0.3) is 10.9 Å². The third-order valence-electron chi connectivity index (χ3n) is 5.40. The highest BCUT2D eigenvalue weighted by Gasteiger charge is 2.39. The molecule has 1 aliphatic heterocycles. The average molecular weight is 441 g/mol. The fourth-order valence-electron chi connectivity index (χ4n) is 3.83. The number of benzene rings is 2. The lowest BCUT2D eigenvalue weighted by Crippen LogP contribution is -2.58. The third kappa shape index (κ3) is 4.47. The fourth-order valence-corrected chi connectivity index (χ4v) is 5.44. The van der Waals surface area contributed by atoms with Gasteiger partial charge in [-0.2, -0.15) is 4.31 Å². The highest BCUT2D eigenvalue weighted by Crippen LogP contribution is 2.21. The first-order valence-electron chi connectivity index (χ1n) is 10.1. The van der Waals surface area contributed by atoms with Crippen LogP contribution < -0.4 is 10.6 Å². The van der Waals surface area contributed by atoms with Crippen molar-refractivity contribution in [3.05, 3.63) is 66.4 Å². The molecule has 1 aliphatic rings. The number of hydrogen-bond acceptors (Lipinski definition) is 4. The van der Waals surface area contributed by atoms with Crippen LogP contribution in [0.2, 0.25) is 0 Å². The molecule has 2 heterocycles. The Morgan fingerprint density at radius 2 is 1.84 bits per heavy atom. The number of rotatable bonds is 7. The summed E-state index contributed by atoms with van der Waals surface area (Å²) >= 11 is 0. The van der Waals surface area contributed by atoms with E-state index in [1.54, 1.807) is 18.2 Å². The maximum absolute atomic E-state index is 13.0. The number of fused-ring (bicyclic) bond motifs is 1. The van der Waals surface area contributed by atoms with Gasteiger partial charge in [0.15, 0.2) is 0 Å². The molecule has 0 aliphatic carbocycles. The van der Waals surface area contributed by atoms with Gasteiger partial charge in [-0.15, -0.1) is 0 Å². The normalized spacial score (nSPS) is 17.4. The number of para-hydroxylation sites is 1. The Kier molecular flexibility index (Phi) is 6.06. The van der Waals surface area contributed by atoms with E-state index in [9.17, 15) is 18.0 Å². The number of aromatic nitrogens is 1. The van der Waals surface area contributed by atoms with Crippen LogP contribution in [0.5, 0.6) is 0 Å². The van der Waals surface area contributed by atoms with Gasteiger partial charge in [0.25, 0.3) is 0 Å². The number of aromatic amines is 1. The van der Waals surface area contributed by atoms with Gasteiger partial charge in [-0.3, -0.25) is 9.59 Å². The van der Waals surface area contributed by atoms with Crippen molar-refractivity contribution in [1.82, 2.24) is 19.9 Å². The zero-order valence-electron chi connectivity index (χ0n) is 16.9. The van der Waals surface area contributed by atoms with Crippen LogP contribution in [0, 0.1) is 0 Å². The molecule has 1 saturated heterocycles. The van der Waals surface area contributed by atoms with Crippen molar-refractivity contribution in [1.29, 1.82) is 0 Å². The molecule has 0 bridgehead atoms. The summed E-state index contributed by atoms with van der Waals surface area (Å²) in [4.78, 5) is 28.3. The first-order chi connectivity index (χ1) is 15.0. The van der Waals surface area contributed by atoms with Crippen molar-refractivity contribution in [3.63, 3.8) is 0 Å². The predicted octanol–water partition coefficient (Wildman–Crippen LogP) is 1.41. The van der Waals surface area contributed by atoms with Crippen molar-refractivity contribution in [2.24, 2.45) is 0 Å². The summed E-state index contributed by atoms with van der Waals surface area (Å²) in [5, 5.41) is 6.57. The molecular weight excluding hydrogens is 416 g/mol. The molecule has 3 N–H and O–H groups in total. The lowest BCUT2D eigenvalue weighted by molar-refractivity contribution is -0.131. The van der Waals surface area contributed by atoms with Crippen LogP contribution in [0.1, 0.15) is 12.0 Å². The number of nitrogens with zero attached hydrogens (tertiary/aromatic N) is 1. The van der Waals surface area contributed by atoms with Gasteiger partial charge in [-0.25, -0.2) is 8.42 Å². The quantitative estimate of drug-likeness (QED) is 0.516. The van der Waals surface area contributed by atoms with Gasteiger partial charge in [0.1, 0.15) is 6.04 Å². The third-order valence-corrected chi connectivity index (χ3v) is 7.32. The molecule has 162 valence electrons. The van der Waals surface area contributed by atoms with Gasteiger partial charge in [-0.1, -0.05) is 36.4 Å². The molecule has 8 nitrogen and oxygen atoms in total. The molecule has 4 rings (SSSR count). The topological polar surface area (TPSA) is 111 Å². The molecule has 3 aromatic rings. The van der Waals surface area contributed by atoms with Gasteiger partial charge in [0.05, 0.1) is 11.3 Å². The summed E-state index contributed by atoms with van der Waals surface area (Å²) in [5.74, 6) is -0.826. The van der Waals surface area contributed by atoms with Crippen LogP contribution in [0.15, 0.2) is 65.7 Å². The minimum atomic E-state index is -3.88. The van der Waals surface area contributed by atoms with Crippen LogP contribution in [-0.2, 0) is 26.0 Å². The Morgan fingerprint density at radius 3 is 2.65 bits per heavy atom. The van der Waals surface area contributed by atoms with E-state index in [2.05, 4.69) is 15.6 Å². The number of carbonyl (C=O) groups is 2. The van der Waals surface area contributed by atoms with Crippen molar-refractivity contribution in [2.75, 3.05) is 19.6 Å². The standard InChI is InChI=1S/C22H24N4O4S/c27-21(23-11-10-16-15-25-19-9-5-4-8-18(16)19)14-20-22(28)24-12-13-26(20)31(29,30)17-6-2-1-3-7-17/h1-9,15,20,25H,10-14H2,(H,23,27)(H,24,28)/t20-/m0/s1. The second-order valence-corrected chi connectivity index (χ2v) is 9.29. The Hall–Kier alpha value is -3.17. The lowest BCUT2D eigenvalue weighted by Gasteiger charge is -2.33. The second kappa shape index (κ2) is 8.91.